The zero-order valence-corrected chi connectivity index (χ0v) is 15.5. The van der Waals surface area contributed by atoms with Crippen LogP contribution in [-0.2, 0) is 16.0 Å². The number of nitrogens with one attached hydrogen (secondary N) is 2. The summed E-state index contributed by atoms with van der Waals surface area (Å²) < 4.78 is 5.35. The van der Waals surface area contributed by atoms with Crippen LogP contribution in [0.15, 0.2) is 18.2 Å². The van der Waals surface area contributed by atoms with Crippen molar-refractivity contribution in [2.45, 2.75) is 19.3 Å². The number of rotatable bonds is 6. The molecule has 0 atom stereocenters. The first-order valence-electron chi connectivity index (χ1n) is 7.45. The van der Waals surface area contributed by atoms with Crippen LogP contribution in [0.2, 0.25) is 10.0 Å². The summed E-state index contributed by atoms with van der Waals surface area (Å²) in [7, 11) is 1.71. The highest BCUT2D eigenvalue weighted by atomic mass is 35.5. The minimum absolute atomic E-state index is 0. The molecular weight excluding hydrogens is 359 g/mol. The Hall–Kier alpha value is -0.520. The second-order valence-electron chi connectivity index (χ2n) is 5.88. The monoisotopic (exact) mass is 380 g/mol. The van der Waals surface area contributed by atoms with Crippen molar-refractivity contribution in [1.82, 2.24) is 10.6 Å². The minimum atomic E-state index is -0.00704. The molecule has 0 saturated carbocycles. The van der Waals surface area contributed by atoms with Crippen molar-refractivity contribution >= 4 is 41.5 Å². The van der Waals surface area contributed by atoms with E-state index in [9.17, 15) is 4.79 Å². The molecule has 1 saturated heterocycles. The number of hydrogen-bond acceptors (Lipinski definition) is 3. The quantitative estimate of drug-likeness (QED) is 0.796. The molecule has 0 aromatic heterocycles. The molecule has 1 aromatic carbocycles. The highest BCUT2D eigenvalue weighted by molar-refractivity contribution is 6.42. The van der Waals surface area contributed by atoms with Crippen LogP contribution >= 0.6 is 35.6 Å². The summed E-state index contributed by atoms with van der Waals surface area (Å²) in [5.41, 5.74) is 0.894. The fourth-order valence-corrected chi connectivity index (χ4v) is 3.14. The van der Waals surface area contributed by atoms with Gasteiger partial charge in [0.25, 0.3) is 0 Å². The third-order valence-electron chi connectivity index (χ3n) is 4.12. The number of carbonyl (C=O) groups excluding carboxylic acids is 1. The normalized spacial score (nSPS) is 16.5. The Labute approximate surface area is 153 Å². The molecule has 0 radical (unpaired) electrons. The second kappa shape index (κ2) is 9.70. The Bertz CT molecular complexity index is 515. The number of carbonyl (C=O) groups is 1. The molecule has 1 aliphatic heterocycles. The summed E-state index contributed by atoms with van der Waals surface area (Å²) in [6.45, 7) is 3.24. The number of amides is 1. The van der Waals surface area contributed by atoms with E-state index in [1.54, 1.807) is 19.2 Å². The van der Waals surface area contributed by atoms with Crippen LogP contribution in [0.5, 0.6) is 0 Å². The maximum absolute atomic E-state index is 12.2. The maximum Gasteiger partial charge on any atom is 0.224 e. The van der Waals surface area contributed by atoms with Gasteiger partial charge in [-0.15, -0.1) is 12.4 Å². The molecule has 130 valence electrons. The van der Waals surface area contributed by atoms with E-state index in [0.29, 0.717) is 29.6 Å². The van der Waals surface area contributed by atoms with Crippen molar-refractivity contribution in [3.63, 3.8) is 0 Å². The first kappa shape index (κ1) is 20.5. The van der Waals surface area contributed by atoms with Crippen molar-refractivity contribution in [1.29, 1.82) is 0 Å². The molecule has 1 aliphatic rings. The molecule has 1 fully saturated rings. The van der Waals surface area contributed by atoms with E-state index >= 15 is 0 Å². The summed E-state index contributed by atoms with van der Waals surface area (Å²) >= 11 is 11.9. The first-order chi connectivity index (χ1) is 10.5. The van der Waals surface area contributed by atoms with E-state index in [1.165, 1.54) is 0 Å². The second-order valence-corrected chi connectivity index (χ2v) is 6.70. The topological polar surface area (TPSA) is 50.4 Å². The van der Waals surface area contributed by atoms with Crippen LogP contribution in [0.3, 0.4) is 0 Å². The third kappa shape index (κ3) is 6.12. The molecule has 2 N–H and O–H groups in total. The number of ether oxygens (including phenoxy) is 1. The van der Waals surface area contributed by atoms with Gasteiger partial charge in [0, 0.05) is 19.1 Å². The SMILES string of the molecule is COCC1(CNC(=O)Cc2ccc(Cl)c(Cl)c2)CCNCC1.Cl. The smallest absolute Gasteiger partial charge is 0.224 e. The van der Waals surface area contributed by atoms with Crippen LogP contribution in [0.25, 0.3) is 0 Å². The molecule has 0 unspecified atom stereocenters. The van der Waals surface area contributed by atoms with Gasteiger partial charge in [-0.25, -0.2) is 0 Å². The molecule has 7 heteroatoms. The number of piperidine rings is 1. The Morgan fingerprint density at radius 1 is 1.30 bits per heavy atom. The Morgan fingerprint density at radius 3 is 2.61 bits per heavy atom. The van der Waals surface area contributed by atoms with Gasteiger partial charge in [-0.3, -0.25) is 4.79 Å². The van der Waals surface area contributed by atoms with Gasteiger partial charge in [0.1, 0.15) is 0 Å². The number of hydrogen-bond donors (Lipinski definition) is 2. The lowest BCUT2D eigenvalue weighted by molar-refractivity contribution is -0.121. The minimum Gasteiger partial charge on any atom is -0.384 e. The van der Waals surface area contributed by atoms with Gasteiger partial charge in [-0.2, -0.15) is 0 Å². The van der Waals surface area contributed by atoms with E-state index in [2.05, 4.69) is 10.6 Å². The zero-order valence-electron chi connectivity index (χ0n) is 13.2. The number of halogens is 3. The average molecular weight is 382 g/mol. The summed E-state index contributed by atoms with van der Waals surface area (Å²) in [5, 5.41) is 7.35. The lowest BCUT2D eigenvalue weighted by Crippen LogP contribution is -2.47. The Kier molecular flexibility index (Phi) is 8.65. The van der Waals surface area contributed by atoms with E-state index in [4.69, 9.17) is 27.9 Å². The van der Waals surface area contributed by atoms with Crippen molar-refractivity contribution < 1.29 is 9.53 Å². The van der Waals surface area contributed by atoms with Crippen LogP contribution < -0.4 is 10.6 Å². The average Bonchev–Trinajstić information content (AvgIpc) is 2.50. The van der Waals surface area contributed by atoms with E-state index < -0.39 is 0 Å². The molecular formula is C16H23Cl3N2O2. The van der Waals surface area contributed by atoms with Gasteiger partial charge in [0.15, 0.2) is 0 Å². The largest absolute Gasteiger partial charge is 0.384 e. The van der Waals surface area contributed by atoms with Crippen molar-refractivity contribution in [3.05, 3.63) is 33.8 Å². The lowest BCUT2D eigenvalue weighted by atomic mass is 9.79. The van der Waals surface area contributed by atoms with Crippen LogP contribution in [0.4, 0.5) is 0 Å². The van der Waals surface area contributed by atoms with Gasteiger partial charge < -0.3 is 15.4 Å². The number of benzene rings is 1. The standard InChI is InChI=1S/C16H22Cl2N2O2.ClH/c1-22-11-16(4-6-19-7-5-16)10-20-15(21)9-12-2-3-13(17)14(18)8-12;/h2-3,8,19H,4-7,9-11H2,1H3,(H,20,21);1H. The molecule has 4 nitrogen and oxygen atoms in total. The molecule has 0 bridgehead atoms. The molecule has 1 heterocycles. The highest BCUT2D eigenvalue weighted by Crippen LogP contribution is 2.28. The summed E-state index contributed by atoms with van der Waals surface area (Å²) in [4.78, 5) is 12.2. The maximum atomic E-state index is 12.2. The highest BCUT2D eigenvalue weighted by Gasteiger charge is 2.32. The van der Waals surface area contributed by atoms with Gasteiger partial charge >= 0.3 is 0 Å². The van der Waals surface area contributed by atoms with Gasteiger partial charge in [0.05, 0.1) is 23.1 Å². The van der Waals surface area contributed by atoms with E-state index in [1.807, 2.05) is 6.07 Å². The third-order valence-corrected chi connectivity index (χ3v) is 4.86. The van der Waals surface area contributed by atoms with Gasteiger partial charge in [-0.05, 0) is 43.6 Å². The molecule has 23 heavy (non-hydrogen) atoms. The van der Waals surface area contributed by atoms with Crippen molar-refractivity contribution in [2.75, 3.05) is 33.4 Å². The number of methoxy groups -OCH3 is 1. The molecule has 2 rings (SSSR count). The first-order valence-corrected chi connectivity index (χ1v) is 8.20. The lowest BCUT2D eigenvalue weighted by Gasteiger charge is -2.37. The van der Waals surface area contributed by atoms with Crippen LogP contribution in [0, 0.1) is 5.41 Å². The van der Waals surface area contributed by atoms with Crippen molar-refractivity contribution in [2.24, 2.45) is 5.41 Å². The van der Waals surface area contributed by atoms with Crippen LogP contribution in [-0.4, -0.2) is 39.3 Å². The van der Waals surface area contributed by atoms with E-state index in [-0.39, 0.29) is 23.7 Å². The summed E-state index contributed by atoms with van der Waals surface area (Å²) in [6.07, 6.45) is 2.32. The van der Waals surface area contributed by atoms with Gasteiger partial charge in [0.2, 0.25) is 5.91 Å². The molecule has 1 amide bonds. The van der Waals surface area contributed by atoms with Crippen LogP contribution in [0.1, 0.15) is 18.4 Å². The molecule has 0 aliphatic carbocycles. The predicted molar refractivity (Wildman–Crippen MR) is 96.8 cm³/mol. The molecule has 0 spiro atoms. The summed E-state index contributed by atoms with van der Waals surface area (Å²) in [6, 6.07) is 5.27. The Balaban J connectivity index is 0.00000264. The fraction of sp³-hybridized carbons (Fsp3) is 0.562. The van der Waals surface area contributed by atoms with E-state index in [0.717, 1.165) is 31.5 Å². The van der Waals surface area contributed by atoms with Crippen molar-refractivity contribution in [3.8, 4) is 0 Å². The predicted octanol–water partition coefficient (Wildman–Crippen LogP) is 3.09. The van der Waals surface area contributed by atoms with Gasteiger partial charge in [-0.1, -0.05) is 29.3 Å². The summed E-state index contributed by atoms with van der Waals surface area (Å²) in [5.74, 6) is -0.00704. The zero-order chi connectivity index (χ0) is 16.0. The molecule has 1 aromatic rings. The fourth-order valence-electron chi connectivity index (χ4n) is 2.82. The Morgan fingerprint density at radius 2 is 2.00 bits per heavy atom.